The maximum Gasteiger partial charge on any atom is 0.124 e. The van der Waals surface area contributed by atoms with Gasteiger partial charge in [0.2, 0.25) is 0 Å². The second-order valence-electron chi connectivity index (χ2n) is 5.04. The summed E-state index contributed by atoms with van der Waals surface area (Å²) in [5.41, 5.74) is 1.91. The Morgan fingerprint density at radius 3 is 2.57 bits per heavy atom. The summed E-state index contributed by atoms with van der Waals surface area (Å²) < 4.78 is 5.88. The van der Waals surface area contributed by atoms with Crippen LogP contribution in [0.5, 0.6) is 5.75 Å². The minimum Gasteiger partial charge on any atom is -0.489 e. The lowest BCUT2D eigenvalue weighted by Crippen LogP contribution is -2.16. The van der Waals surface area contributed by atoms with Gasteiger partial charge in [-0.3, -0.25) is 0 Å². The Kier molecular flexibility index (Phi) is 7.47. The fourth-order valence-electron chi connectivity index (χ4n) is 2.04. The third-order valence-corrected chi connectivity index (χ3v) is 4.20. The van der Waals surface area contributed by atoms with E-state index in [0.29, 0.717) is 34.6 Å². The Bertz CT molecular complexity index is 650. The van der Waals surface area contributed by atoms with Crippen LogP contribution in [0.2, 0.25) is 15.1 Å². The fraction of sp³-hybridized carbons (Fsp3) is 0.294. The van der Waals surface area contributed by atoms with Crippen molar-refractivity contribution in [3.8, 4) is 5.75 Å². The molecule has 2 aromatic rings. The highest BCUT2D eigenvalue weighted by molar-refractivity contribution is 6.42. The van der Waals surface area contributed by atoms with Crippen molar-refractivity contribution in [1.29, 1.82) is 0 Å². The number of aliphatic hydroxyl groups excluding tert-OH is 1. The average molecular weight is 375 g/mol. The molecule has 0 heterocycles. The summed E-state index contributed by atoms with van der Waals surface area (Å²) in [5, 5.41) is 13.7. The van der Waals surface area contributed by atoms with E-state index in [1.807, 2.05) is 18.2 Å². The van der Waals surface area contributed by atoms with Crippen molar-refractivity contribution in [2.24, 2.45) is 0 Å². The normalized spacial score (nSPS) is 10.8. The minimum atomic E-state index is 0.170. The van der Waals surface area contributed by atoms with Crippen molar-refractivity contribution < 1.29 is 9.84 Å². The van der Waals surface area contributed by atoms with Crippen LogP contribution in [-0.2, 0) is 13.2 Å². The first-order valence-electron chi connectivity index (χ1n) is 7.27. The Hall–Kier alpha value is -0.970. The van der Waals surface area contributed by atoms with Crippen LogP contribution in [0.25, 0.3) is 0 Å². The first-order chi connectivity index (χ1) is 11.1. The van der Waals surface area contributed by atoms with Gasteiger partial charge in [-0.05, 0) is 48.9 Å². The van der Waals surface area contributed by atoms with Gasteiger partial charge >= 0.3 is 0 Å². The van der Waals surface area contributed by atoms with E-state index in [-0.39, 0.29) is 6.61 Å². The Morgan fingerprint density at radius 2 is 1.83 bits per heavy atom. The molecule has 124 valence electrons. The van der Waals surface area contributed by atoms with Gasteiger partial charge < -0.3 is 15.2 Å². The molecule has 0 amide bonds. The maximum absolute atomic E-state index is 8.81. The molecular formula is C17H18Cl3NO2. The molecule has 2 aromatic carbocycles. The summed E-state index contributed by atoms with van der Waals surface area (Å²) >= 11 is 18.0. The van der Waals surface area contributed by atoms with E-state index in [1.165, 1.54) is 0 Å². The Morgan fingerprint density at radius 1 is 1.00 bits per heavy atom. The van der Waals surface area contributed by atoms with Crippen LogP contribution in [0, 0.1) is 0 Å². The number of halogens is 3. The van der Waals surface area contributed by atoms with Gasteiger partial charge in [-0.1, -0.05) is 40.9 Å². The van der Waals surface area contributed by atoms with Gasteiger partial charge in [0.15, 0.2) is 0 Å². The van der Waals surface area contributed by atoms with E-state index >= 15 is 0 Å². The molecule has 2 rings (SSSR count). The van der Waals surface area contributed by atoms with E-state index in [2.05, 4.69) is 5.32 Å². The molecule has 0 fully saturated rings. The molecule has 0 saturated heterocycles. The highest BCUT2D eigenvalue weighted by atomic mass is 35.5. The first-order valence-corrected chi connectivity index (χ1v) is 8.40. The third-order valence-electron chi connectivity index (χ3n) is 3.23. The zero-order chi connectivity index (χ0) is 16.7. The quantitative estimate of drug-likeness (QED) is 0.658. The lowest BCUT2D eigenvalue weighted by Gasteiger charge is -2.13. The second-order valence-corrected chi connectivity index (χ2v) is 6.29. The van der Waals surface area contributed by atoms with Crippen LogP contribution in [0.4, 0.5) is 0 Å². The van der Waals surface area contributed by atoms with Gasteiger partial charge in [-0.15, -0.1) is 0 Å². The van der Waals surface area contributed by atoms with Gasteiger partial charge in [0.05, 0.1) is 10.0 Å². The molecule has 0 saturated carbocycles. The van der Waals surface area contributed by atoms with Gasteiger partial charge in [0, 0.05) is 23.7 Å². The standard InChI is InChI=1S/C17H18Cl3NO2/c18-14-3-5-17(13(9-14)10-21-6-1-7-22)23-11-12-2-4-15(19)16(20)8-12/h2-5,8-9,21-22H,1,6-7,10-11H2. The average Bonchev–Trinajstić information content (AvgIpc) is 2.54. The lowest BCUT2D eigenvalue weighted by atomic mass is 10.2. The number of nitrogens with one attached hydrogen (secondary N) is 1. The molecule has 0 aliphatic carbocycles. The van der Waals surface area contributed by atoms with Crippen LogP contribution in [-0.4, -0.2) is 18.3 Å². The molecule has 3 nitrogen and oxygen atoms in total. The summed E-state index contributed by atoms with van der Waals surface area (Å²) in [7, 11) is 0. The van der Waals surface area contributed by atoms with E-state index in [4.69, 9.17) is 44.6 Å². The van der Waals surface area contributed by atoms with Crippen LogP contribution in [0.15, 0.2) is 36.4 Å². The molecule has 0 unspecified atom stereocenters. The molecule has 0 aromatic heterocycles. The summed E-state index contributed by atoms with van der Waals surface area (Å²) in [4.78, 5) is 0. The number of hydrogen-bond donors (Lipinski definition) is 2. The molecule has 2 N–H and O–H groups in total. The molecule has 0 aliphatic rings. The van der Waals surface area contributed by atoms with Crippen molar-refractivity contribution in [3.05, 3.63) is 62.6 Å². The van der Waals surface area contributed by atoms with E-state index in [9.17, 15) is 0 Å². The summed E-state index contributed by atoms with van der Waals surface area (Å²) in [6.07, 6.45) is 0.708. The van der Waals surface area contributed by atoms with E-state index in [0.717, 1.165) is 23.4 Å². The van der Waals surface area contributed by atoms with E-state index < -0.39 is 0 Å². The number of hydrogen-bond acceptors (Lipinski definition) is 3. The zero-order valence-electron chi connectivity index (χ0n) is 12.5. The highest BCUT2D eigenvalue weighted by Gasteiger charge is 2.06. The van der Waals surface area contributed by atoms with Crippen LogP contribution in [0.3, 0.4) is 0 Å². The molecule has 0 spiro atoms. The molecule has 0 bridgehead atoms. The highest BCUT2D eigenvalue weighted by Crippen LogP contribution is 2.26. The predicted octanol–water partition coefficient (Wildman–Crippen LogP) is 4.70. The molecular weight excluding hydrogens is 357 g/mol. The van der Waals surface area contributed by atoms with Crippen LogP contribution in [0.1, 0.15) is 17.5 Å². The Labute approximate surface area is 151 Å². The summed E-state index contributed by atoms with van der Waals surface area (Å²) in [6, 6.07) is 10.9. The van der Waals surface area contributed by atoms with Gasteiger partial charge in [-0.2, -0.15) is 0 Å². The van der Waals surface area contributed by atoms with Crippen molar-refractivity contribution in [2.75, 3.05) is 13.2 Å². The predicted molar refractivity (Wildman–Crippen MR) is 95.7 cm³/mol. The topological polar surface area (TPSA) is 41.5 Å². The summed E-state index contributed by atoms with van der Waals surface area (Å²) in [6.45, 7) is 1.91. The maximum atomic E-state index is 8.81. The van der Waals surface area contributed by atoms with Gasteiger partial charge in [0.25, 0.3) is 0 Å². The van der Waals surface area contributed by atoms with Gasteiger partial charge in [-0.25, -0.2) is 0 Å². The smallest absolute Gasteiger partial charge is 0.124 e. The SMILES string of the molecule is OCCCNCc1cc(Cl)ccc1OCc1ccc(Cl)c(Cl)c1. The van der Waals surface area contributed by atoms with Gasteiger partial charge in [0.1, 0.15) is 12.4 Å². The molecule has 0 radical (unpaired) electrons. The van der Waals surface area contributed by atoms with Crippen LogP contribution < -0.4 is 10.1 Å². The number of rotatable bonds is 8. The lowest BCUT2D eigenvalue weighted by molar-refractivity contribution is 0.285. The second kappa shape index (κ2) is 9.36. The number of ether oxygens (including phenoxy) is 1. The molecule has 23 heavy (non-hydrogen) atoms. The van der Waals surface area contributed by atoms with E-state index in [1.54, 1.807) is 18.2 Å². The third kappa shape index (κ3) is 5.87. The summed E-state index contributed by atoms with van der Waals surface area (Å²) in [5.74, 6) is 0.761. The van der Waals surface area contributed by atoms with Crippen molar-refractivity contribution in [3.63, 3.8) is 0 Å². The van der Waals surface area contributed by atoms with Crippen molar-refractivity contribution >= 4 is 34.8 Å². The molecule has 0 atom stereocenters. The molecule has 0 aliphatic heterocycles. The zero-order valence-corrected chi connectivity index (χ0v) is 14.8. The van der Waals surface area contributed by atoms with Crippen LogP contribution >= 0.6 is 34.8 Å². The largest absolute Gasteiger partial charge is 0.489 e. The van der Waals surface area contributed by atoms with Crippen molar-refractivity contribution in [2.45, 2.75) is 19.6 Å². The fourth-order valence-corrected chi connectivity index (χ4v) is 2.56. The Balaban J connectivity index is 2.01. The van der Waals surface area contributed by atoms with Crippen molar-refractivity contribution in [1.82, 2.24) is 5.32 Å². The number of benzene rings is 2. The first kappa shape index (κ1) is 18.4. The molecule has 6 heteroatoms. The number of aliphatic hydroxyl groups is 1. The monoisotopic (exact) mass is 373 g/mol. The minimum absolute atomic E-state index is 0.170.